The zero-order valence-electron chi connectivity index (χ0n) is 13.8. The molecule has 23 heavy (non-hydrogen) atoms. The predicted octanol–water partition coefficient (Wildman–Crippen LogP) is 1.81. The van der Waals surface area contributed by atoms with Crippen LogP contribution in [0.2, 0.25) is 0 Å². The van der Waals surface area contributed by atoms with Crippen LogP contribution in [0.4, 0.5) is 0 Å². The lowest BCUT2D eigenvalue weighted by atomic mass is 10.1. The molecular weight excluding hydrogens is 316 g/mol. The molecule has 130 valence electrons. The summed E-state index contributed by atoms with van der Waals surface area (Å²) < 4.78 is 5.66. The van der Waals surface area contributed by atoms with Crippen LogP contribution < -0.4 is 5.73 Å². The van der Waals surface area contributed by atoms with Crippen molar-refractivity contribution in [1.29, 1.82) is 0 Å². The van der Waals surface area contributed by atoms with Gasteiger partial charge in [0, 0.05) is 13.1 Å². The summed E-state index contributed by atoms with van der Waals surface area (Å²) in [7, 11) is 0. The molecule has 1 fully saturated rings. The lowest BCUT2D eigenvalue weighted by Gasteiger charge is -2.26. The van der Waals surface area contributed by atoms with E-state index in [1.807, 2.05) is 38.1 Å². The SMILES string of the molecule is CCN(CC(O)c1ccc(C)cc1)C(=O)[C@@H]1CC[C@H](CN)O1.Cl. The van der Waals surface area contributed by atoms with Gasteiger partial charge >= 0.3 is 0 Å². The number of aliphatic hydroxyl groups excluding tert-OH is 1. The maximum absolute atomic E-state index is 12.5. The van der Waals surface area contributed by atoms with Crippen molar-refractivity contribution in [2.24, 2.45) is 5.73 Å². The third-order valence-electron chi connectivity index (χ3n) is 4.19. The van der Waals surface area contributed by atoms with E-state index in [0.29, 0.717) is 19.5 Å². The Hall–Kier alpha value is -1.14. The molecule has 1 aliphatic heterocycles. The third-order valence-corrected chi connectivity index (χ3v) is 4.19. The number of rotatable bonds is 6. The van der Waals surface area contributed by atoms with Gasteiger partial charge < -0.3 is 20.5 Å². The minimum absolute atomic E-state index is 0. The molecule has 0 aromatic heterocycles. The Morgan fingerprint density at radius 3 is 2.57 bits per heavy atom. The summed E-state index contributed by atoms with van der Waals surface area (Å²) in [6.45, 7) is 5.20. The number of carbonyl (C=O) groups excluding carboxylic acids is 1. The first-order chi connectivity index (χ1) is 10.5. The van der Waals surface area contributed by atoms with E-state index in [-0.39, 0.29) is 31.0 Å². The smallest absolute Gasteiger partial charge is 0.251 e. The Morgan fingerprint density at radius 2 is 2.04 bits per heavy atom. The third kappa shape index (κ3) is 5.18. The highest BCUT2D eigenvalue weighted by Gasteiger charge is 2.33. The van der Waals surface area contributed by atoms with Gasteiger partial charge in [0.2, 0.25) is 0 Å². The Kier molecular flexibility index (Phi) is 7.99. The molecule has 5 nitrogen and oxygen atoms in total. The van der Waals surface area contributed by atoms with Crippen LogP contribution in [0.5, 0.6) is 0 Å². The van der Waals surface area contributed by atoms with Crippen molar-refractivity contribution < 1.29 is 14.6 Å². The quantitative estimate of drug-likeness (QED) is 0.826. The lowest BCUT2D eigenvalue weighted by Crippen LogP contribution is -2.41. The number of likely N-dealkylation sites (N-methyl/N-ethyl adjacent to an activating group) is 1. The molecule has 1 amide bonds. The highest BCUT2D eigenvalue weighted by molar-refractivity contribution is 5.85. The molecule has 1 unspecified atom stereocenters. The topological polar surface area (TPSA) is 75.8 Å². The first-order valence-corrected chi connectivity index (χ1v) is 7.94. The fraction of sp³-hybridized carbons (Fsp3) is 0.588. The van der Waals surface area contributed by atoms with Gasteiger partial charge in [0.1, 0.15) is 6.10 Å². The molecule has 3 atom stereocenters. The molecule has 1 aromatic carbocycles. The van der Waals surface area contributed by atoms with Crippen LogP contribution in [0.3, 0.4) is 0 Å². The number of nitrogens with two attached hydrogens (primary N) is 1. The van der Waals surface area contributed by atoms with E-state index in [2.05, 4.69) is 0 Å². The van der Waals surface area contributed by atoms with Crippen LogP contribution in [-0.2, 0) is 9.53 Å². The van der Waals surface area contributed by atoms with E-state index < -0.39 is 12.2 Å². The van der Waals surface area contributed by atoms with Crippen LogP contribution in [0.15, 0.2) is 24.3 Å². The predicted molar refractivity (Wildman–Crippen MR) is 92.6 cm³/mol. The van der Waals surface area contributed by atoms with Gasteiger partial charge in [0.05, 0.1) is 18.8 Å². The molecule has 0 spiro atoms. The van der Waals surface area contributed by atoms with Crippen molar-refractivity contribution in [3.8, 4) is 0 Å². The number of halogens is 1. The van der Waals surface area contributed by atoms with E-state index >= 15 is 0 Å². The summed E-state index contributed by atoms with van der Waals surface area (Å²) in [4.78, 5) is 14.2. The molecule has 1 heterocycles. The van der Waals surface area contributed by atoms with Crippen LogP contribution in [0, 0.1) is 6.92 Å². The van der Waals surface area contributed by atoms with E-state index in [1.165, 1.54) is 0 Å². The number of amides is 1. The van der Waals surface area contributed by atoms with Gasteiger partial charge in [0.15, 0.2) is 0 Å². The highest BCUT2D eigenvalue weighted by atomic mass is 35.5. The molecule has 3 N–H and O–H groups in total. The van der Waals surface area contributed by atoms with Crippen molar-refractivity contribution >= 4 is 18.3 Å². The number of aliphatic hydroxyl groups is 1. The van der Waals surface area contributed by atoms with Crippen LogP contribution in [0.1, 0.15) is 37.0 Å². The summed E-state index contributed by atoms with van der Waals surface area (Å²) in [5, 5.41) is 10.3. The average molecular weight is 343 g/mol. The van der Waals surface area contributed by atoms with Crippen LogP contribution >= 0.6 is 12.4 Å². The summed E-state index contributed by atoms with van der Waals surface area (Å²) in [5.74, 6) is -0.0513. The molecule has 6 heteroatoms. The fourth-order valence-electron chi connectivity index (χ4n) is 2.74. The van der Waals surface area contributed by atoms with Crippen LogP contribution in [0.25, 0.3) is 0 Å². The van der Waals surface area contributed by atoms with Crippen molar-refractivity contribution in [3.63, 3.8) is 0 Å². The van der Waals surface area contributed by atoms with Gasteiger partial charge in [-0.2, -0.15) is 0 Å². The number of hydrogen-bond donors (Lipinski definition) is 2. The first-order valence-electron chi connectivity index (χ1n) is 7.94. The zero-order chi connectivity index (χ0) is 16.1. The number of carbonyl (C=O) groups is 1. The lowest BCUT2D eigenvalue weighted by molar-refractivity contribution is -0.144. The summed E-state index contributed by atoms with van der Waals surface area (Å²) in [5.41, 5.74) is 7.55. The molecule has 2 rings (SSSR count). The Bertz CT molecular complexity index is 495. The molecule has 0 bridgehead atoms. The van der Waals surface area contributed by atoms with Crippen molar-refractivity contribution in [1.82, 2.24) is 4.90 Å². The molecule has 1 aromatic rings. The largest absolute Gasteiger partial charge is 0.387 e. The minimum Gasteiger partial charge on any atom is -0.387 e. The number of aryl methyl sites for hydroxylation is 1. The molecule has 0 radical (unpaired) electrons. The number of nitrogens with zero attached hydrogens (tertiary/aromatic N) is 1. The van der Waals surface area contributed by atoms with Gasteiger partial charge in [-0.05, 0) is 32.3 Å². The summed E-state index contributed by atoms with van der Waals surface area (Å²) >= 11 is 0. The minimum atomic E-state index is -0.684. The molecule has 1 aliphatic rings. The van der Waals surface area contributed by atoms with Crippen molar-refractivity contribution in [2.75, 3.05) is 19.6 Å². The maximum Gasteiger partial charge on any atom is 0.251 e. The van der Waals surface area contributed by atoms with E-state index in [4.69, 9.17) is 10.5 Å². The van der Waals surface area contributed by atoms with E-state index in [9.17, 15) is 9.90 Å². The monoisotopic (exact) mass is 342 g/mol. The summed E-state index contributed by atoms with van der Waals surface area (Å²) in [6.07, 6.45) is 0.410. The molecule has 1 saturated heterocycles. The Morgan fingerprint density at radius 1 is 1.39 bits per heavy atom. The molecule has 0 aliphatic carbocycles. The average Bonchev–Trinajstić information content (AvgIpc) is 3.01. The molecule has 0 saturated carbocycles. The zero-order valence-corrected chi connectivity index (χ0v) is 14.6. The number of benzene rings is 1. The van der Waals surface area contributed by atoms with Crippen molar-refractivity contribution in [3.05, 3.63) is 35.4 Å². The second-order valence-corrected chi connectivity index (χ2v) is 5.86. The second kappa shape index (κ2) is 9.23. The normalized spacial score (nSPS) is 21.6. The Balaban J connectivity index is 0.00000264. The van der Waals surface area contributed by atoms with Gasteiger partial charge in [-0.15, -0.1) is 12.4 Å². The summed E-state index contributed by atoms with van der Waals surface area (Å²) in [6, 6.07) is 7.72. The number of ether oxygens (including phenoxy) is 1. The molecular formula is C17H27ClN2O3. The van der Waals surface area contributed by atoms with Crippen molar-refractivity contribution in [2.45, 2.75) is 45.0 Å². The van der Waals surface area contributed by atoms with Gasteiger partial charge in [-0.3, -0.25) is 4.79 Å². The van der Waals surface area contributed by atoms with E-state index in [0.717, 1.165) is 17.5 Å². The first kappa shape index (κ1) is 19.9. The Labute approximate surface area is 144 Å². The maximum atomic E-state index is 12.5. The van der Waals surface area contributed by atoms with E-state index in [1.54, 1.807) is 4.90 Å². The fourth-order valence-corrected chi connectivity index (χ4v) is 2.74. The van der Waals surface area contributed by atoms with Gasteiger partial charge in [-0.1, -0.05) is 29.8 Å². The van der Waals surface area contributed by atoms with Crippen LogP contribution in [-0.4, -0.2) is 47.8 Å². The number of hydrogen-bond acceptors (Lipinski definition) is 4. The second-order valence-electron chi connectivity index (χ2n) is 5.86. The standard InChI is InChI=1S/C17H26N2O3.ClH/c1-3-19(17(21)16-9-8-14(10-18)22-16)11-15(20)13-6-4-12(2)5-7-13;/h4-7,14-16,20H,3,8-11,18H2,1-2H3;1H/t14-,15?,16+;/m1./s1. The van der Waals surface area contributed by atoms with Gasteiger partial charge in [0.25, 0.3) is 5.91 Å². The highest BCUT2D eigenvalue weighted by Crippen LogP contribution is 2.22. The van der Waals surface area contributed by atoms with Gasteiger partial charge in [-0.25, -0.2) is 0 Å².